The Labute approximate surface area is 97.4 Å². The minimum absolute atomic E-state index is 0.0733. The zero-order valence-electron chi connectivity index (χ0n) is 10.5. The van der Waals surface area contributed by atoms with Crippen LogP contribution in [0.15, 0.2) is 0 Å². The van der Waals surface area contributed by atoms with E-state index in [2.05, 4.69) is 19.2 Å². The Kier molecular flexibility index (Phi) is 7.60. The predicted octanol–water partition coefficient (Wildman–Crippen LogP) is 2.18. The van der Waals surface area contributed by atoms with Gasteiger partial charge in [0.15, 0.2) is 0 Å². The summed E-state index contributed by atoms with van der Waals surface area (Å²) in [6.07, 6.45) is 3.19. The van der Waals surface area contributed by atoms with Crippen molar-refractivity contribution >= 4 is 11.9 Å². The topological polar surface area (TPSA) is 66.4 Å². The summed E-state index contributed by atoms with van der Waals surface area (Å²) < 4.78 is 0. The van der Waals surface area contributed by atoms with Crippen molar-refractivity contribution in [2.24, 2.45) is 5.92 Å². The lowest BCUT2D eigenvalue weighted by Crippen LogP contribution is -2.32. The first kappa shape index (κ1) is 14.9. The maximum atomic E-state index is 11.3. The van der Waals surface area contributed by atoms with E-state index >= 15 is 0 Å². The number of aliphatic carboxylic acids is 1. The van der Waals surface area contributed by atoms with Crippen LogP contribution in [0.1, 0.15) is 52.9 Å². The zero-order valence-corrected chi connectivity index (χ0v) is 10.5. The van der Waals surface area contributed by atoms with Gasteiger partial charge in [-0.1, -0.05) is 26.7 Å². The van der Waals surface area contributed by atoms with Crippen molar-refractivity contribution in [1.82, 2.24) is 5.32 Å². The van der Waals surface area contributed by atoms with Gasteiger partial charge in [-0.25, -0.2) is 0 Å². The van der Waals surface area contributed by atoms with Gasteiger partial charge in [-0.3, -0.25) is 9.59 Å². The Morgan fingerprint density at radius 3 is 2.25 bits per heavy atom. The van der Waals surface area contributed by atoms with E-state index in [1.54, 1.807) is 0 Å². The van der Waals surface area contributed by atoms with E-state index in [0.717, 1.165) is 19.3 Å². The molecule has 0 aliphatic carbocycles. The van der Waals surface area contributed by atoms with Gasteiger partial charge in [0.05, 0.1) is 6.42 Å². The minimum Gasteiger partial charge on any atom is -0.481 e. The highest BCUT2D eigenvalue weighted by atomic mass is 16.4. The van der Waals surface area contributed by atoms with Crippen LogP contribution >= 0.6 is 0 Å². The Morgan fingerprint density at radius 2 is 1.75 bits per heavy atom. The van der Waals surface area contributed by atoms with Gasteiger partial charge in [0, 0.05) is 12.5 Å². The van der Waals surface area contributed by atoms with Crippen molar-refractivity contribution < 1.29 is 14.7 Å². The van der Waals surface area contributed by atoms with Crippen molar-refractivity contribution in [2.75, 3.05) is 0 Å². The Balaban J connectivity index is 3.57. The first-order chi connectivity index (χ1) is 7.41. The molecule has 0 rings (SSSR count). The molecule has 0 aromatic heterocycles. The third-order valence-electron chi connectivity index (χ3n) is 2.39. The van der Waals surface area contributed by atoms with Crippen molar-refractivity contribution in [1.29, 1.82) is 0 Å². The van der Waals surface area contributed by atoms with Crippen LogP contribution in [-0.4, -0.2) is 23.0 Å². The van der Waals surface area contributed by atoms with Crippen LogP contribution in [0.4, 0.5) is 0 Å². The van der Waals surface area contributed by atoms with Crippen molar-refractivity contribution in [3.63, 3.8) is 0 Å². The molecule has 0 aromatic rings. The SMILES string of the molecule is CC(C)CCCC(C)NC(=O)CCC(=O)O. The van der Waals surface area contributed by atoms with Crippen LogP contribution in [0.5, 0.6) is 0 Å². The average molecular weight is 229 g/mol. The fourth-order valence-electron chi connectivity index (χ4n) is 1.47. The number of hydrogen-bond acceptors (Lipinski definition) is 2. The Bertz CT molecular complexity index is 226. The number of rotatable bonds is 8. The third kappa shape index (κ3) is 9.49. The van der Waals surface area contributed by atoms with Gasteiger partial charge in [-0.15, -0.1) is 0 Å². The molecule has 0 aliphatic heterocycles. The predicted molar refractivity (Wildman–Crippen MR) is 63.2 cm³/mol. The van der Waals surface area contributed by atoms with Gasteiger partial charge in [-0.05, 0) is 19.3 Å². The van der Waals surface area contributed by atoms with E-state index in [0.29, 0.717) is 5.92 Å². The van der Waals surface area contributed by atoms with Gasteiger partial charge >= 0.3 is 5.97 Å². The Hall–Kier alpha value is -1.06. The van der Waals surface area contributed by atoms with Gasteiger partial charge in [0.2, 0.25) is 5.91 Å². The molecule has 0 radical (unpaired) electrons. The van der Waals surface area contributed by atoms with Crippen LogP contribution in [0.3, 0.4) is 0 Å². The van der Waals surface area contributed by atoms with Gasteiger partial charge < -0.3 is 10.4 Å². The fraction of sp³-hybridized carbons (Fsp3) is 0.833. The quantitative estimate of drug-likeness (QED) is 0.670. The number of carbonyl (C=O) groups is 2. The van der Waals surface area contributed by atoms with Crippen LogP contribution in [-0.2, 0) is 9.59 Å². The summed E-state index contributed by atoms with van der Waals surface area (Å²) in [5.41, 5.74) is 0. The highest BCUT2D eigenvalue weighted by Gasteiger charge is 2.09. The molecule has 1 amide bonds. The molecule has 4 heteroatoms. The highest BCUT2D eigenvalue weighted by molar-refractivity contribution is 5.80. The Morgan fingerprint density at radius 1 is 1.12 bits per heavy atom. The summed E-state index contributed by atoms with van der Waals surface area (Å²) in [4.78, 5) is 21.5. The standard InChI is InChI=1S/C12H23NO3/c1-9(2)5-4-6-10(3)13-11(14)7-8-12(15)16/h9-10H,4-8H2,1-3H3,(H,13,14)(H,15,16). The molecule has 0 aliphatic rings. The second-order valence-corrected chi connectivity index (χ2v) is 4.69. The van der Waals surface area contributed by atoms with Crippen LogP contribution in [0, 0.1) is 5.92 Å². The smallest absolute Gasteiger partial charge is 0.303 e. The summed E-state index contributed by atoms with van der Waals surface area (Å²) in [5.74, 6) is -0.406. The molecule has 0 heterocycles. The number of carboxylic acids is 1. The van der Waals surface area contributed by atoms with E-state index in [-0.39, 0.29) is 24.8 Å². The van der Waals surface area contributed by atoms with E-state index in [4.69, 9.17) is 5.11 Å². The first-order valence-electron chi connectivity index (χ1n) is 5.93. The van der Waals surface area contributed by atoms with E-state index in [9.17, 15) is 9.59 Å². The van der Waals surface area contributed by atoms with Crippen LogP contribution in [0.25, 0.3) is 0 Å². The van der Waals surface area contributed by atoms with Crippen molar-refractivity contribution in [3.8, 4) is 0 Å². The summed E-state index contributed by atoms with van der Waals surface area (Å²) >= 11 is 0. The number of carboxylic acid groups (broad SMARTS) is 1. The van der Waals surface area contributed by atoms with Crippen molar-refractivity contribution in [3.05, 3.63) is 0 Å². The maximum Gasteiger partial charge on any atom is 0.303 e. The van der Waals surface area contributed by atoms with Gasteiger partial charge in [0.1, 0.15) is 0 Å². The normalized spacial score (nSPS) is 12.5. The third-order valence-corrected chi connectivity index (χ3v) is 2.39. The summed E-state index contributed by atoms with van der Waals surface area (Å²) in [5, 5.41) is 11.2. The molecule has 4 nitrogen and oxygen atoms in total. The molecule has 0 spiro atoms. The van der Waals surface area contributed by atoms with Gasteiger partial charge in [-0.2, -0.15) is 0 Å². The molecule has 94 valence electrons. The monoisotopic (exact) mass is 229 g/mol. The van der Waals surface area contributed by atoms with Crippen LogP contribution in [0.2, 0.25) is 0 Å². The molecule has 0 bridgehead atoms. The van der Waals surface area contributed by atoms with Crippen molar-refractivity contribution in [2.45, 2.75) is 58.9 Å². The first-order valence-corrected chi connectivity index (χ1v) is 5.93. The zero-order chi connectivity index (χ0) is 12.6. The molecule has 1 unspecified atom stereocenters. The largest absolute Gasteiger partial charge is 0.481 e. The molecule has 0 saturated heterocycles. The van der Waals surface area contributed by atoms with E-state index < -0.39 is 5.97 Å². The van der Waals surface area contributed by atoms with E-state index in [1.807, 2.05) is 6.92 Å². The summed E-state index contributed by atoms with van der Waals surface area (Å²) in [6, 6.07) is 0.139. The molecule has 0 fully saturated rings. The lowest BCUT2D eigenvalue weighted by molar-refractivity contribution is -0.138. The van der Waals surface area contributed by atoms with E-state index in [1.165, 1.54) is 0 Å². The molecular formula is C12H23NO3. The molecule has 0 saturated carbocycles. The number of nitrogens with one attached hydrogen (secondary N) is 1. The second kappa shape index (κ2) is 8.13. The molecule has 2 N–H and O–H groups in total. The average Bonchev–Trinajstić information content (AvgIpc) is 2.14. The molecular weight excluding hydrogens is 206 g/mol. The minimum atomic E-state index is -0.928. The number of carbonyl (C=O) groups excluding carboxylic acids is 1. The number of amides is 1. The fourth-order valence-corrected chi connectivity index (χ4v) is 1.47. The second-order valence-electron chi connectivity index (χ2n) is 4.69. The molecule has 16 heavy (non-hydrogen) atoms. The molecule has 0 aromatic carbocycles. The maximum absolute atomic E-state index is 11.3. The highest BCUT2D eigenvalue weighted by Crippen LogP contribution is 2.08. The summed E-state index contributed by atoms with van der Waals surface area (Å²) in [7, 11) is 0. The lowest BCUT2D eigenvalue weighted by atomic mass is 10.0. The lowest BCUT2D eigenvalue weighted by Gasteiger charge is -2.14. The van der Waals surface area contributed by atoms with Gasteiger partial charge in [0.25, 0.3) is 0 Å². The number of hydrogen-bond donors (Lipinski definition) is 2. The summed E-state index contributed by atoms with van der Waals surface area (Å²) in [6.45, 7) is 6.31. The molecule has 1 atom stereocenters. The van der Waals surface area contributed by atoms with Crippen LogP contribution < -0.4 is 5.32 Å².